The summed E-state index contributed by atoms with van der Waals surface area (Å²) in [5, 5.41) is 12.2. The second-order valence-electron chi connectivity index (χ2n) is 6.60. The fraction of sp³-hybridized carbons (Fsp3) is 0.389. The fourth-order valence-corrected chi connectivity index (χ4v) is 3.61. The highest BCUT2D eigenvalue weighted by Gasteiger charge is 2.09. The standard InChI is InChI=1S/C18H26N6O3S2.HI/c1-12-13(2)28-16(23-12)10-21-18(22-11-17(25)24(3)4)20-9-14-5-7-15(8-6-14)29(19,26)27;/h5-8H,9-11H2,1-4H3,(H2,19,26,27)(H2,20,21,22);1H. The highest BCUT2D eigenvalue weighted by molar-refractivity contribution is 14.0. The number of sulfonamides is 1. The largest absolute Gasteiger partial charge is 0.350 e. The molecule has 0 fully saturated rings. The molecule has 0 saturated heterocycles. The third-order valence-electron chi connectivity index (χ3n) is 4.06. The number of halogens is 1. The van der Waals surface area contributed by atoms with Crippen LogP contribution in [-0.2, 0) is 27.9 Å². The molecule has 30 heavy (non-hydrogen) atoms. The molecule has 1 heterocycles. The number of aryl methyl sites for hydroxylation is 2. The number of nitrogens with one attached hydrogen (secondary N) is 2. The molecule has 0 atom stereocenters. The topological polar surface area (TPSA) is 130 Å². The maximum atomic E-state index is 11.9. The maximum absolute atomic E-state index is 11.9. The van der Waals surface area contributed by atoms with Crippen LogP contribution < -0.4 is 15.8 Å². The van der Waals surface area contributed by atoms with Crippen molar-refractivity contribution in [3.63, 3.8) is 0 Å². The van der Waals surface area contributed by atoms with Crippen molar-refractivity contribution in [2.24, 2.45) is 10.1 Å². The van der Waals surface area contributed by atoms with Crippen LogP contribution in [0.2, 0.25) is 0 Å². The molecule has 0 unspecified atom stereocenters. The molecule has 0 radical (unpaired) electrons. The van der Waals surface area contributed by atoms with Gasteiger partial charge in [-0.3, -0.25) is 4.79 Å². The van der Waals surface area contributed by atoms with E-state index in [0.29, 0.717) is 19.0 Å². The first-order valence-electron chi connectivity index (χ1n) is 8.83. The number of carbonyl (C=O) groups excluding carboxylic acids is 1. The molecule has 1 aromatic carbocycles. The molecule has 1 amide bonds. The van der Waals surface area contributed by atoms with Crippen LogP contribution in [0.4, 0.5) is 0 Å². The van der Waals surface area contributed by atoms with Crippen LogP contribution in [0.1, 0.15) is 21.1 Å². The van der Waals surface area contributed by atoms with E-state index in [-0.39, 0.29) is 41.3 Å². The minimum absolute atomic E-state index is 0. The van der Waals surface area contributed by atoms with Crippen LogP contribution in [0.5, 0.6) is 0 Å². The zero-order valence-electron chi connectivity index (χ0n) is 17.3. The van der Waals surface area contributed by atoms with Gasteiger partial charge < -0.3 is 15.5 Å². The number of rotatable bonds is 7. The number of hydrogen-bond acceptors (Lipinski definition) is 6. The summed E-state index contributed by atoms with van der Waals surface area (Å²) in [4.78, 5) is 23.5. The Bertz CT molecular complexity index is 968. The molecule has 0 aliphatic carbocycles. The lowest BCUT2D eigenvalue weighted by Gasteiger charge is -2.14. The van der Waals surface area contributed by atoms with E-state index in [1.807, 2.05) is 13.8 Å². The van der Waals surface area contributed by atoms with Crippen LogP contribution >= 0.6 is 35.3 Å². The Balaban J connectivity index is 0.00000450. The Morgan fingerprint density at radius 2 is 1.83 bits per heavy atom. The van der Waals surface area contributed by atoms with Gasteiger partial charge in [0.2, 0.25) is 15.9 Å². The molecule has 2 rings (SSSR count). The van der Waals surface area contributed by atoms with Gasteiger partial charge in [0, 0.05) is 19.0 Å². The molecule has 2 aromatic rings. The van der Waals surface area contributed by atoms with E-state index in [0.717, 1.165) is 21.1 Å². The van der Waals surface area contributed by atoms with E-state index >= 15 is 0 Å². The number of nitrogens with zero attached hydrogens (tertiary/aromatic N) is 3. The van der Waals surface area contributed by atoms with E-state index in [2.05, 4.69) is 20.6 Å². The molecule has 12 heteroatoms. The number of hydrogen-bond donors (Lipinski definition) is 3. The van der Waals surface area contributed by atoms with Crippen molar-refractivity contribution in [1.82, 2.24) is 20.5 Å². The molecule has 0 spiro atoms. The summed E-state index contributed by atoms with van der Waals surface area (Å²) in [6, 6.07) is 6.19. The monoisotopic (exact) mass is 566 g/mol. The van der Waals surface area contributed by atoms with Crippen LogP contribution in [0.25, 0.3) is 0 Å². The maximum Gasteiger partial charge on any atom is 0.241 e. The molecule has 0 saturated carbocycles. The van der Waals surface area contributed by atoms with Crippen LogP contribution in [0, 0.1) is 13.8 Å². The van der Waals surface area contributed by atoms with Crippen molar-refractivity contribution in [3.8, 4) is 0 Å². The molecule has 4 N–H and O–H groups in total. The highest BCUT2D eigenvalue weighted by Crippen LogP contribution is 2.16. The molecular formula is C18H27IN6O3S2. The quantitative estimate of drug-likeness (QED) is 0.264. The number of benzene rings is 1. The number of aromatic nitrogens is 1. The number of carbonyl (C=O) groups is 1. The molecular weight excluding hydrogens is 539 g/mol. The van der Waals surface area contributed by atoms with Crippen molar-refractivity contribution >= 4 is 57.2 Å². The van der Waals surface area contributed by atoms with Gasteiger partial charge in [-0.05, 0) is 31.5 Å². The first-order valence-corrected chi connectivity index (χ1v) is 11.2. The number of likely N-dealkylation sites (N-methyl/N-ethyl adjacent to an activating group) is 1. The second-order valence-corrected chi connectivity index (χ2v) is 9.45. The third kappa shape index (κ3) is 8.16. The smallest absolute Gasteiger partial charge is 0.241 e. The second kappa shape index (κ2) is 11.6. The summed E-state index contributed by atoms with van der Waals surface area (Å²) in [5.74, 6) is 0.374. The summed E-state index contributed by atoms with van der Waals surface area (Å²) in [6.07, 6.45) is 0. The van der Waals surface area contributed by atoms with Gasteiger partial charge in [0.1, 0.15) is 5.01 Å². The normalized spacial score (nSPS) is 11.6. The lowest BCUT2D eigenvalue weighted by molar-refractivity contribution is -0.127. The van der Waals surface area contributed by atoms with Gasteiger partial charge in [0.05, 0.1) is 30.2 Å². The van der Waals surface area contributed by atoms with Crippen molar-refractivity contribution in [2.45, 2.75) is 31.8 Å². The van der Waals surface area contributed by atoms with Crippen molar-refractivity contribution in [2.75, 3.05) is 20.6 Å². The summed E-state index contributed by atoms with van der Waals surface area (Å²) in [7, 11) is -0.361. The molecule has 9 nitrogen and oxygen atoms in total. The predicted molar refractivity (Wildman–Crippen MR) is 129 cm³/mol. The number of thiazole rings is 1. The number of aliphatic imine (C=N–C) groups is 1. The average molecular weight is 566 g/mol. The van der Waals surface area contributed by atoms with Gasteiger partial charge >= 0.3 is 0 Å². The zero-order chi connectivity index (χ0) is 21.6. The number of nitrogens with two attached hydrogens (primary N) is 1. The van der Waals surface area contributed by atoms with Crippen LogP contribution in [0.3, 0.4) is 0 Å². The minimum atomic E-state index is -3.73. The van der Waals surface area contributed by atoms with Gasteiger partial charge in [-0.15, -0.1) is 35.3 Å². The zero-order valence-corrected chi connectivity index (χ0v) is 21.3. The Hall–Kier alpha value is -1.77. The van der Waals surface area contributed by atoms with Crippen molar-refractivity contribution in [1.29, 1.82) is 0 Å². The SMILES string of the molecule is Cc1nc(CNC(=NCc2ccc(S(N)(=O)=O)cc2)NCC(=O)N(C)C)sc1C.I. The number of primary sulfonamides is 1. The molecule has 0 bridgehead atoms. The van der Waals surface area contributed by atoms with E-state index < -0.39 is 10.0 Å². The first kappa shape index (κ1) is 26.3. The van der Waals surface area contributed by atoms with Crippen LogP contribution in [-0.4, -0.2) is 50.8 Å². The highest BCUT2D eigenvalue weighted by atomic mass is 127. The minimum Gasteiger partial charge on any atom is -0.350 e. The fourth-order valence-electron chi connectivity index (χ4n) is 2.22. The van der Waals surface area contributed by atoms with Gasteiger partial charge in [0.25, 0.3) is 0 Å². The summed E-state index contributed by atoms with van der Waals surface area (Å²) < 4.78 is 22.7. The predicted octanol–water partition coefficient (Wildman–Crippen LogP) is 1.35. The Kier molecular flexibility index (Phi) is 10.1. The van der Waals surface area contributed by atoms with Gasteiger partial charge in [-0.2, -0.15) is 0 Å². The lowest BCUT2D eigenvalue weighted by Crippen LogP contribution is -2.42. The summed E-state index contributed by atoms with van der Waals surface area (Å²) >= 11 is 1.60. The Labute approximate surface area is 198 Å². The van der Waals surface area contributed by atoms with Crippen molar-refractivity contribution < 1.29 is 13.2 Å². The van der Waals surface area contributed by atoms with Gasteiger partial charge in [-0.25, -0.2) is 23.5 Å². The van der Waals surface area contributed by atoms with Crippen LogP contribution in [0.15, 0.2) is 34.2 Å². The average Bonchev–Trinajstić information content (AvgIpc) is 2.98. The molecule has 1 aromatic heterocycles. The first-order chi connectivity index (χ1) is 13.6. The number of amides is 1. The van der Waals surface area contributed by atoms with Gasteiger partial charge in [0.15, 0.2) is 5.96 Å². The van der Waals surface area contributed by atoms with E-state index in [4.69, 9.17) is 5.14 Å². The Morgan fingerprint density at radius 1 is 1.20 bits per heavy atom. The summed E-state index contributed by atoms with van der Waals surface area (Å²) in [6.45, 7) is 4.85. The van der Waals surface area contributed by atoms with Gasteiger partial charge in [-0.1, -0.05) is 12.1 Å². The summed E-state index contributed by atoms with van der Waals surface area (Å²) in [5.41, 5.74) is 1.80. The molecule has 0 aliphatic rings. The lowest BCUT2D eigenvalue weighted by atomic mass is 10.2. The van der Waals surface area contributed by atoms with E-state index in [1.165, 1.54) is 17.0 Å². The number of guanidine groups is 1. The van der Waals surface area contributed by atoms with E-state index in [9.17, 15) is 13.2 Å². The molecule has 166 valence electrons. The molecule has 0 aliphatic heterocycles. The van der Waals surface area contributed by atoms with Crippen molar-refractivity contribution in [3.05, 3.63) is 45.4 Å². The van der Waals surface area contributed by atoms with E-state index in [1.54, 1.807) is 37.6 Å². The Morgan fingerprint density at radius 3 is 2.33 bits per heavy atom. The third-order valence-corrected chi connectivity index (χ3v) is 6.06.